The number of carbonyl (C=O) groups excluding carboxylic acids is 1. The molecule has 2 saturated heterocycles. The van der Waals surface area contributed by atoms with E-state index in [1.807, 2.05) is 11.9 Å². The number of hydrogen-bond acceptors (Lipinski definition) is 4. The first-order chi connectivity index (χ1) is 6.15. The Morgan fingerprint density at radius 2 is 2.38 bits per heavy atom. The van der Waals surface area contributed by atoms with Crippen molar-refractivity contribution >= 4 is 5.97 Å². The van der Waals surface area contributed by atoms with Crippen molar-refractivity contribution < 1.29 is 14.6 Å². The van der Waals surface area contributed by atoms with Crippen molar-refractivity contribution in [2.45, 2.75) is 18.9 Å². The van der Waals surface area contributed by atoms with Gasteiger partial charge in [0.25, 0.3) is 0 Å². The number of piperidine rings is 1. The number of likely N-dealkylation sites (tertiary alicyclic amines) is 1. The third-order valence-electron chi connectivity index (χ3n) is 3.25. The molecule has 2 atom stereocenters. The minimum Gasteiger partial charge on any atom is -0.465 e. The number of likely N-dealkylation sites (N-methyl/N-ethyl adjacent to an activating group) is 1. The molecule has 1 spiro atoms. The summed E-state index contributed by atoms with van der Waals surface area (Å²) in [5.41, 5.74) is -0.577. The summed E-state index contributed by atoms with van der Waals surface area (Å²) in [4.78, 5) is 13.5. The van der Waals surface area contributed by atoms with E-state index in [-0.39, 0.29) is 5.97 Å². The van der Waals surface area contributed by atoms with Gasteiger partial charge in [0.1, 0.15) is 0 Å². The first-order valence-electron chi connectivity index (χ1n) is 4.69. The molecule has 4 heteroatoms. The summed E-state index contributed by atoms with van der Waals surface area (Å²) in [6.45, 7) is 1.92. The fourth-order valence-electron chi connectivity index (χ4n) is 2.22. The number of aliphatic hydroxyl groups is 1. The zero-order valence-electron chi connectivity index (χ0n) is 7.82. The van der Waals surface area contributed by atoms with Crippen LogP contribution in [0.15, 0.2) is 0 Å². The van der Waals surface area contributed by atoms with Crippen LogP contribution in [0.2, 0.25) is 0 Å². The molecule has 13 heavy (non-hydrogen) atoms. The first-order valence-corrected chi connectivity index (χ1v) is 4.69. The van der Waals surface area contributed by atoms with Gasteiger partial charge in [-0.15, -0.1) is 0 Å². The van der Waals surface area contributed by atoms with E-state index in [9.17, 15) is 9.90 Å². The largest absolute Gasteiger partial charge is 0.465 e. The predicted octanol–water partition coefficient (Wildman–Crippen LogP) is -0.384. The molecule has 0 aromatic rings. The van der Waals surface area contributed by atoms with Gasteiger partial charge < -0.3 is 14.7 Å². The molecule has 1 N–H and O–H groups in total. The zero-order chi connectivity index (χ0) is 9.47. The molecule has 0 radical (unpaired) electrons. The van der Waals surface area contributed by atoms with Crippen LogP contribution in [0.4, 0.5) is 0 Å². The molecule has 2 rings (SSSR count). The van der Waals surface area contributed by atoms with Crippen LogP contribution in [0.1, 0.15) is 12.8 Å². The zero-order valence-corrected chi connectivity index (χ0v) is 7.82. The van der Waals surface area contributed by atoms with Gasteiger partial charge in [-0.1, -0.05) is 0 Å². The molecule has 0 aliphatic carbocycles. The van der Waals surface area contributed by atoms with Crippen molar-refractivity contribution in [2.24, 2.45) is 5.41 Å². The average Bonchev–Trinajstić information content (AvgIpc) is 2.43. The summed E-state index contributed by atoms with van der Waals surface area (Å²) < 4.78 is 4.93. The average molecular weight is 185 g/mol. The lowest BCUT2D eigenvalue weighted by Gasteiger charge is -2.38. The third kappa shape index (κ3) is 1.25. The Kier molecular flexibility index (Phi) is 2.04. The molecular formula is C9H15NO3. The Bertz CT molecular complexity index is 231. The van der Waals surface area contributed by atoms with Gasteiger partial charge in [-0.2, -0.15) is 0 Å². The lowest BCUT2D eigenvalue weighted by Crippen LogP contribution is -2.51. The summed E-state index contributed by atoms with van der Waals surface area (Å²) >= 11 is 0. The number of hydrogen-bond donors (Lipinski definition) is 1. The molecule has 0 unspecified atom stereocenters. The number of rotatable bonds is 0. The summed E-state index contributed by atoms with van der Waals surface area (Å²) in [5.74, 6) is -0.201. The fraction of sp³-hybridized carbons (Fsp3) is 0.889. The van der Waals surface area contributed by atoms with E-state index in [0.29, 0.717) is 19.6 Å². The molecule has 0 aromatic carbocycles. The second-order valence-corrected chi connectivity index (χ2v) is 4.07. The fourth-order valence-corrected chi connectivity index (χ4v) is 2.22. The van der Waals surface area contributed by atoms with Gasteiger partial charge in [-0.05, 0) is 20.0 Å². The third-order valence-corrected chi connectivity index (χ3v) is 3.25. The van der Waals surface area contributed by atoms with Crippen LogP contribution in [0.5, 0.6) is 0 Å². The van der Waals surface area contributed by atoms with E-state index in [4.69, 9.17) is 4.74 Å². The number of cyclic esters (lactones) is 1. The Morgan fingerprint density at radius 1 is 1.62 bits per heavy atom. The second-order valence-electron chi connectivity index (χ2n) is 4.07. The van der Waals surface area contributed by atoms with Crippen molar-refractivity contribution in [1.29, 1.82) is 0 Å². The molecule has 0 saturated carbocycles. The van der Waals surface area contributed by atoms with Crippen molar-refractivity contribution in [3.05, 3.63) is 0 Å². The Labute approximate surface area is 77.5 Å². The number of β-amino-alcohol motifs (C(OH)–C–C–N with tert-alkyl or cyclic N) is 1. The number of aliphatic hydroxyl groups excluding tert-OH is 1. The Morgan fingerprint density at radius 3 is 2.92 bits per heavy atom. The van der Waals surface area contributed by atoms with Crippen LogP contribution in [-0.2, 0) is 9.53 Å². The molecule has 0 aromatic heterocycles. The van der Waals surface area contributed by atoms with E-state index in [1.165, 1.54) is 0 Å². The standard InChI is InChI=1S/C9H15NO3/c1-10-4-2-9(7(11)6-10)3-5-13-8(9)12/h7,11H,2-6H2,1H3/t7-,9-/m1/s1. The number of esters is 1. The lowest BCUT2D eigenvalue weighted by atomic mass is 9.75. The van der Waals surface area contributed by atoms with Crippen LogP contribution < -0.4 is 0 Å². The SMILES string of the molecule is CN1CC[C@@]2(CCOC2=O)[C@H](O)C1. The second kappa shape index (κ2) is 2.96. The molecule has 0 bridgehead atoms. The van der Waals surface area contributed by atoms with Crippen molar-refractivity contribution in [3.8, 4) is 0 Å². The van der Waals surface area contributed by atoms with E-state index in [2.05, 4.69) is 0 Å². The first kappa shape index (κ1) is 8.97. The van der Waals surface area contributed by atoms with Gasteiger partial charge in [0.05, 0.1) is 18.1 Å². The molecule has 2 heterocycles. The Balaban J connectivity index is 2.17. The molecule has 2 fully saturated rings. The van der Waals surface area contributed by atoms with Crippen LogP contribution in [0, 0.1) is 5.41 Å². The molecule has 74 valence electrons. The Hall–Kier alpha value is -0.610. The summed E-state index contributed by atoms with van der Waals surface area (Å²) in [6, 6.07) is 0. The molecular weight excluding hydrogens is 170 g/mol. The maximum Gasteiger partial charge on any atom is 0.314 e. The van der Waals surface area contributed by atoms with E-state index in [1.54, 1.807) is 0 Å². The van der Waals surface area contributed by atoms with Gasteiger partial charge in [0, 0.05) is 13.0 Å². The van der Waals surface area contributed by atoms with E-state index in [0.717, 1.165) is 13.0 Å². The topological polar surface area (TPSA) is 49.8 Å². The van der Waals surface area contributed by atoms with Gasteiger partial charge in [-0.25, -0.2) is 0 Å². The quantitative estimate of drug-likeness (QED) is 0.522. The van der Waals surface area contributed by atoms with Crippen LogP contribution in [-0.4, -0.2) is 48.8 Å². The van der Waals surface area contributed by atoms with E-state index < -0.39 is 11.5 Å². The van der Waals surface area contributed by atoms with Crippen LogP contribution in [0.25, 0.3) is 0 Å². The minimum absolute atomic E-state index is 0.201. The molecule has 2 aliphatic heterocycles. The highest BCUT2D eigenvalue weighted by atomic mass is 16.5. The van der Waals surface area contributed by atoms with Crippen molar-refractivity contribution in [1.82, 2.24) is 4.90 Å². The van der Waals surface area contributed by atoms with Crippen molar-refractivity contribution in [3.63, 3.8) is 0 Å². The monoisotopic (exact) mass is 185 g/mol. The maximum absolute atomic E-state index is 11.5. The summed E-state index contributed by atoms with van der Waals surface area (Å²) in [7, 11) is 1.95. The smallest absolute Gasteiger partial charge is 0.314 e. The van der Waals surface area contributed by atoms with Crippen molar-refractivity contribution in [2.75, 3.05) is 26.7 Å². The van der Waals surface area contributed by atoms with Crippen LogP contribution >= 0.6 is 0 Å². The summed E-state index contributed by atoms with van der Waals surface area (Å²) in [5, 5.41) is 9.86. The van der Waals surface area contributed by atoms with Crippen LogP contribution in [0.3, 0.4) is 0 Å². The van der Waals surface area contributed by atoms with Gasteiger partial charge in [0.2, 0.25) is 0 Å². The minimum atomic E-state index is -0.577. The number of nitrogens with zero attached hydrogens (tertiary/aromatic N) is 1. The summed E-state index contributed by atoms with van der Waals surface area (Å²) in [6.07, 6.45) is 0.853. The highest BCUT2D eigenvalue weighted by Gasteiger charge is 2.52. The predicted molar refractivity (Wildman–Crippen MR) is 46.1 cm³/mol. The number of ether oxygens (including phenoxy) is 1. The van der Waals surface area contributed by atoms with Gasteiger partial charge in [-0.3, -0.25) is 4.79 Å². The molecule has 2 aliphatic rings. The normalized spacial score (nSPS) is 41.1. The maximum atomic E-state index is 11.5. The lowest BCUT2D eigenvalue weighted by molar-refractivity contribution is -0.155. The highest BCUT2D eigenvalue weighted by molar-refractivity contribution is 5.79. The van der Waals surface area contributed by atoms with Gasteiger partial charge >= 0.3 is 5.97 Å². The number of carbonyl (C=O) groups is 1. The highest BCUT2D eigenvalue weighted by Crippen LogP contribution is 2.40. The van der Waals surface area contributed by atoms with Gasteiger partial charge in [0.15, 0.2) is 0 Å². The molecule has 4 nitrogen and oxygen atoms in total. The molecule has 0 amide bonds. The van der Waals surface area contributed by atoms with E-state index >= 15 is 0 Å².